The third-order valence-corrected chi connectivity index (χ3v) is 10.1. The first-order valence-electron chi connectivity index (χ1n) is 14.8. The summed E-state index contributed by atoms with van der Waals surface area (Å²) in [6.45, 7) is 2.74. The van der Waals surface area contributed by atoms with Gasteiger partial charge in [-0.05, 0) is 61.4 Å². The second-order valence-electron chi connectivity index (χ2n) is 10.8. The van der Waals surface area contributed by atoms with Crippen LogP contribution in [-0.4, -0.2) is 56.3 Å². The topological polar surface area (TPSA) is 139 Å². The van der Waals surface area contributed by atoms with Gasteiger partial charge in [-0.2, -0.15) is 0 Å². The third kappa shape index (κ3) is 8.71. The number of nitrogens with one attached hydrogen (secondary N) is 1. The molecule has 0 aliphatic carbocycles. The van der Waals surface area contributed by atoms with Crippen LogP contribution in [0.25, 0.3) is 0 Å². The number of likely N-dealkylation sites (N-methyl/N-ethyl adjacent to an activating group) is 1. The van der Waals surface area contributed by atoms with E-state index in [0.29, 0.717) is 12.1 Å². The van der Waals surface area contributed by atoms with Gasteiger partial charge < -0.3 is 15.0 Å². The van der Waals surface area contributed by atoms with Crippen LogP contribution in [0.5, 0.6) is 5.75 Å². The van der Waals surface area contributed by atoms with E-state index in [0.717, 1.165) is 20.4 Å². The number of anilines is 1. The Labute approximate surface area is 292 Å². The molecule has 4 aromatic carbocycles. The molecule has 11 nitrogen and oxygen atoms in total. The van der Waals surface area contributed by atoms with Crippen LogP contribution in [0.4, 0.5) is 11.4 Å². The predicted molar refractivity (Wildman–Crippen MR) is 188 cm³/mol. The highest BCUT2D eigenvalue weighted by molar-refractivity contribution is 9.10. The van der Waals surface area contributed by atoms with E-state index < -0.39 is 49.9 Å². The number of hydrogen-bond donors (Lipinski definition) is 1. The van der Waals surface area contributed by atoms with Crippen LogP contribution < -0.4 is 14.4 Å². The van der Waals surface area contributed by atoms with E-state index in [4.69, 9.17) is 16.3 Å². The van der Waals surface area contributed by atoms with Crippen LogP contribution in [0, 0.1) is 17.0 Å². The first-order chi connectivity index (χ1) is 22.8. The van der Waals surface area contributed by atoms with Crippen LogP contribution in [-0.2, 0) is 32.6 Å². The Morgan fingerprint density at radius 2 is 1.69 bits per heavy atom. The van der Waals surface area contributed by atoms with E-state index in [1.807, 2.05) is 30.3 Å². The summed E-state index contributed by atoms with van der Waals surface area (Å²) < 4.78 is 35.9. The van der Waals surface area contributed by atoms with Crippen molar-refractivity contribution in [3.05, 3.63) is 127 Å². The highest BCUT2D eigenvalue weighted by Gasteiger charge is 2.36. The molecule has 0 fully saturated rings. The minimum Gasteiger partial charge on any atom is -0.495 e. The Morgan fingerprint density at radius 3 is 2.31 bits per heavy atom. The number of carbonyl (C=O) groups excluding carboxylic acids is 2. The zero-order valence-corrected chi connectivity index (χ0v) is 29.6. The van der Waals surface area contributed by atoms with Crippen molar-refractivity contribution in [1.29, 1.82) is 0 Å². The highest BCUT2D eigenvalue weighted by atomic mass is 79.9. The van der Waals surface area contributed by atoms with E-state index in [9.17, 15) is 28.1 Å². The molecule has 1 atom stereocenters. The zero-order chi connectivity index (χ0) is 35.0. The SMILES string of the molecule is CCNC(=O)[C@@H](Cc1ccccc1)N(Cc1ccc(Br)cc1)C(=O)CN(c1cc(Cl)ccc1OC)S(=O)(=O)c1ccc(C)c([N+](=O)[O-])c1. The van der Waals surface area contributed by atoms with E-state index in [-0.39, 0.29) is 35.0 Å². The summed E-state index contributed by atoms with van der Waals surface area (Å²) in [5.74, 6) is -1.05. The third-order valence-electron chi connectivity index (χ3n) is 7.54. The number of nitro benzene ring substituents is 1. The Bertz CT molecular complexity index is 1890. The van der Waals surface area contributed by atoms with Crippen molar-refractivity contribution in [2.75, 3.05) is 24.5 Å². The number of nitro groups is 1. The lowest BCUT2D eigenvalue weighted by atomic mass is 10.0. The monoisotopic (exact) mass is 756 g/mol. The number of aryl methyl sites for hydroxylation is 1. The number of ether oxygens (including phenoxy) is 1. The van der Waals surface area contributed by atoms with Gasteiger partial charge in [-0.25, -0.2) is 8.42 Å². The van der Waals surface area contributed by atoms with E-state index in [1.165, 1.54) is 49.3 Å². The lowest BCUT2D eigenvalue weighted by molar-refractivity contribution is -0.385. The smallest absolute Gasteiger partial charge is 0.273 e. The van der Waals surface area contributed by atoms with Gasteiger partial charge in [0.25, 0.3) is 15.7 Å². The van der Waals surface area contributed by atoms with Gasteiger partial charge in [0.2, 0.25) is 11.8 Å². The largest absolute Gasteiger partial charge is 0.495 e. The van der Waals surface area contributed by atoms with Crippen molar-refractivity contribution in [3.63, 3.8) is 0 Å². The summed E-state index contributed by atoms with van der Waals surface area (Å²) in [6, 6.07) is 23.1. The molecule has 0 radical (unpaired) electrons. The van der Waals surface area contributed by atoms with Crippen LogP contribution in [0.1, 0.15) is 23.6 Å². The molecule has 0 unspecified atom stereocenters. The van der Waals surface area contributed by atoms with Gasteiger partial charge in [-0.1, -0.05) is 76.1 Å². The number of methoxy groups -OCH3 is 1. The molecule has 0 spiro atoms. The van der Waals surface area contributed by atoms with Crippen LogP contribution in [0.3, 0.4) is 0 Å². The molecule has 0 heterocycles. The van der Waals surface area contributed by atoms with Gasteiger partial charge >= 0.3 is 0 Å². The van der Waals surface area contributed by atoms with Crippen LogP contribution >= 0.6 is 27.5 Å². The Kier molecular flexibility index (Phi) is 12.2. The molecule has 0 bridgehead atoms. The van der Waals surface area contributed by atoms with E-state index >= 15 is 0 Å². The lowest BCUT2D eigenvalue weighted by Crippen LogP contribution is -2.53. The molecule has 2 amide bonds. The number of rotatable bonds is 14. The Morgan fingerprint density at radius 1 is 1.00 bits per heavy atom. The average molecular weight is 758 g/mol. The Hall–Kier alpha value is -4.46. The molecular weight excluding hydrogens is 724 g/mol. The maximum Gasteiger partial charge on any atom is 0.273 e. The minimum atomic E-state index is -4.66. The molecule has 0 saturated heterocycles. The molecule has 4 aromatic rings. The maximum absolute atomic E-state index is 14.6. The first-order valence-corrected chi connectivity index (χ1v) is 17.4. The summed E-state index contributed by atoms with van der Waals surface area (Å²) in [4.78, 5) is 40.2. The minimum absolute atomic E-state index is 0.0304. The molecule has 252 valence electrons. The number of hydrogen-bond acceptors (Lipinski definition) is 7. The molecule has 14 heteroatoms. The molecule has 4 rings (SSSR count). The fourth-order valence-electron chi connectivity index (χ4n) is 5.08. The molecule has 1 N–H and O–H groups in total. The number of carbonyl (C=O) groups is 2. The number of amides is 2. The van der Waals surface area contributed by atoms with E-state index in [2.05, 4.69) is 21.2 Å². The first kappa shape index (κ1) is 36.4. The summed E-state index contributed by atoms with van der Waals surface area (Å²) in [7, 11) is -3.33. The van der Waals surface area contributed by atoms with Crippen LogP contribution in [0.2, 0.25) is 5.02 Å². The zero-order valence-electron chi connectivity index (χ0n) is 26.4. The van der Waals surface area contributed by atoms with Crippen LogP contribution in [0.15, 0.2) is 100 Å². The molecule has 0 saturated carbocycles. The normalized spacial score (nSPS) is 11.8. The van der Waals surface area contributed by atoms with Gasteiger partial charge in [-0.15, -0.1) is 0 Å². The van der Waals surface area contributed by atoms with Crippen molar-refractivity contribution in [2.45, 2.75) is 37.8 Å². The fourth-order valence-corrected chi connectivity index (χ4v) is 6.95. The van der Waals surface area contributed by atoms with Crippen molar-refractivity contribution in [1.82, 2.24) is 10.2 Å². The van der Waals surface area contributed by atoms with Crippen molar-refractivity contribution in [2.24, 2.45) is 0 Å². The van der Waals surface area contributed by atoms with Crippen molar-refractivity contribution in [3.8, 4) is 5.75 Å². The van der Waals surface area contributed by atoms with Gasteiger partial charge in [0.05, 0.1) is 22.6 Å². The second-order valence-corrected chi connectivity index (χ2v) is 14.0. The second kappa shape index (κ2) is 16.1. The number of benzene rings is 4. The van der Waals surface area contributed by atoms with Gasteiger partial charge in [0.15, 0.2) is 0 Å². The van der Waals surface area contributed by atoms with Crippen molar-refractivity contribution < 1.29 is 27.7 Å². The predicted octanol–water partition coefficient (Wildman–Crippen LogP) is 6.30. The molecule has 0 aliphatic rings. The number of sulfonamides is 1. The van der Waals surface area contributed by atoms with Gasteiger partial charge in [0.1, 0.15) is 18.3 Å². The maximum atomic E-state index is 14.6. The van der Waals surface area contributed by atoms with Gasteiger partial charge in [0, 0.05) is 40.6 Å². The summed E-state index contributed by atoms with van der Waals surface area (Å²) in [5.41, 5.74) is 1.26. The quantitative estimate of drug-likeness (QED) is 0.118. The Balaban J connectivity index is 1.88. The van der Waals surface area contributed by atoms with Gasteiger partial charge in [-0.3, -0.25) is 24.0 Å². The average Bonchev–Trinajstić information content (AvgIpc) is 3.06. The van der Waals surface area contributed by atoms with Crippen molar-refractivity contribution >= 4 is 60.7 Å². The summed E-state index contributed by atoms with van der Waals surface area (Å²) in [6.07, 6.45) is 0.145. The molecular formula is C34H34BrClN4O7S. The number of halogens is 2. The highest BCUT2D eigenvalue weighted by Crippen LogP contribution is 2.36. The molecule has 48 heavy (non-hydrogen) atoms. The summed E-state index contributed by atoms with van der Waals surface area (Å²) in [5, 5.41) is 14.7. The lowest BCUT2D eigenvalue weighted by Gasteiger charge is -2.34. The molecule has 0 aliphatic heterocycles. The summed E-state index contributed by atoms with van der Waals surface area (Å²) >= 11 is 9.73. The number of nitrogens with zero attached hydrogens (tertiary/aromatic N) is 3. The fraction of sp³-hybridized carbons (Fsp3) is 0.235. The molecule has 0 aromatic heterocycles. The van der Waals surface area contributed by atoms with E-state index in [1.54, 1.807) is 31.2 Å². The standard InChI is InChI=1S/C34H34BrClN4O7S/c1-4-37-34(42)31(18-24-8-6-5-7-9-24)38(21-25-11-13-26(35)14-12-25)33(41)22-39(30-19-27(36)15-17-32(30)47-3)48(45,46)28-16-10-23(2)29(20-28)40(43)44/h5-17,19-20,31H,4,18,21-22H2,1-3H3,(H,37,42)/t31-/m1/s1.